The number of nitrogens with zero attached hydrogens (tertiary/aromatic N) is 1. The van der Waals surface area contributed by atoms with E-state index in [1.165, 1.54) is 10.4 Å². The van der Waals surface area contributed by atoms with Crippen molar-refractivity contribution in [3.05, 3.63) is 17.9 Å². The summed E-state index contributed by atoms with van der Waals surface area (Å²) in [4.78, 5) is 10.7. The largest absolute Gasteiger partial charge is 0.475 e. The number of hydrogen-bond acceptors (Lipinski definition) is 4. The maximum atomic E-state index is 12.5. The summed E-state index contributed by atoms with van der Waals surface area (Å²) in [5.41, 5.74) is 0. The first-order chi connectivity index (χ1) is 8.87. The van der Waals surface area contributed by atoms with Gasteiger partial charge in [0.25, 0.3) is 10.0 Å². The molecule has 0 spiro atoms. The van der Waals surface area contributed by atoms with Gasteiger partial charge < -0.3 is 9.52 Å². The van der Waals surface area contributed by atoms with Crippen molar-refractivity contribution in [3.63, 3.8) is 0 Å². The monoisotopic (exact) mass is 287 g/mol. The lowest BCUT2D eigenvalue weighted by molar-refractivity contribution is 0.0656. The van der Waals surface area contributed by atoms with Gasteiger partial charge in [-0.05, 0) is 38.3 Å². The molecule has 1 aliphatic heterocycles. The minimum absolute atomic E-state index is 0.0432. The summed E-state index contributed by atoms with van der Waals surface area (Å²) in [5.74, 6) is -1.64. The lowest BCUT2D eigenvalue weighted by Gasteiger charge is -2.25. The van der Waals surface area contributed by atoms with Crippen LogP contribution in [0.2, 0.25) is 0 Å². The van der Waals surface area contributed by atoms with Crippen molar-refractivity contribution in [2.45, 2.75) is 50.3 Å². The molecular weight excluding hydrogens is 270 g/mol. The van der Waals surface area contributed by atoms with Gasteiger partial charge in [0.05, 0.1) is 0 Å². The third-order valence-electron chi connectivity index (χ3n) is 3.51. The topological polar surface area (TPSA) is 87.8 Å². The zero-order valence-corrected chi connectivity index (χ0v) is 11.7. The Morgan fingerprint density at radius 3 is 2.68 bits per heavy atom. The molecule has 1 saturated heterocycles. The van der Waals surface area contributed by atoms with Crippen molar-refractivity contribution in [2.24, 2.45) is 0 Å². The van der Waals surface area contributed by atoms with E-state index in [1.54, 1.807) is 0 Å². The third kappa shape index (κ3) is 2.40. The molecule has 0 aliphatic carbocycles. The van der Waals surface area contributed by atoms with Crippen molar-refractivity contribution in [1.82, 2.24) is 4.31 Å². The fourth-order valence-corrected chi connectivity index (χ4v) is 4.41. The first-order valence-corrected chi connectivity index (χ1v) is 7.68. The van der Waals surface area contributed by atoms with Crippen LogP contribution >= 0.6 is 0 Å². The molecule has 0 bridgehead atoms. The van der Waals surface area contributed by atoms with Gasteiger partial charge >= 0.3 is 5.97 Å². The average molecular weight is 287 g/mol. The zero-order valence-electron chi connectivity index (χ0n) is 10.9. The van der Waals surface area contributed by atoms with Crippen molar-refractivity contribution in [1.29, 1.82) is 0 Å². The van der Waals surface area contributed by atoms with Crippen LogP contribution in [-0.2, 0) is 10.0 Å². The number of rotatable bonds is 4. The Bertz CT molecular complexity index is 577. The molecule has 106 valence electrons. The van der Waals surface area contributed by atoms with E-state index in [0.29, 0.717) is 0 Å². The molecule has 0 saturated carbocycles. The van der Waals surface area contributed by atoms with Crippen molar-refractivity contribution >= 4 is 16.0 Å². The zero-order chi connectivity index (χ0) is 14.2. The molecular formula is C12H17NO5S. The molecule has 0 aromatic carbocycles. The van der Waals surface area contributed by atoms with E-state index >= 15 is 0 Å². The van der Waals surface area contributed by atoms with Gasteiger partial charge in [0, 0.05) is 12.1 Å². The number of hydrogen-bond donors (Lipinski definition) is 1. The molecule has 2 rings (SSSR count). The minimum Gasteiger partial charge on any atom is -0.475 e. The van der Waals surface area contributed by atoms with Crippen molar-refractivity contribution in [2.75, 3.05) is 0 Å². The van der Waals surface area contributed by atoms with Crippen LogP contribution in [0, 0.1) is 0 Å². The van der Waals surface area contributed by atoms with Crippen LogP contribution in [0.1, 0.15) is 43.7 Å². The average Bonchev–Trinajstić information content (AvgIpc) is 2.95. The van der Waals surface area contributed by atoms with Crippen LogP contribution in [0.15, 0.2) is 21.6 Å². The number of furan rings is 1. The van der Waals surface area contributed by atoms with E-state index in [4.69, 9.17) is 9.52 Å². The predicted molar refractivity (Wildman–Crippen MR) is 67.5 cm³/mol. The molecule has 6 nitrogen and oxygen atoms in total. The molecule has 2 atom stereocenters. The summed E-state index contributed by atoms with van der Waals surface area (Å²) in [6.45, 7) is 3.80. The smallest absolute Gasteiger partial charge is 0.371 e. The van der Waals surface area contributed by atoms with Crippen LogP contribution in [0.3, 0.4) is 0 Å². The summed E-state index contributed by atoms with van der Waals surface area (Å²) in [6.07, 6.45) is 2.36. The van der Waals surface area contributed by atoms with E-state index in [2.05, 4.69) is 0 Å². The highest BCUT2D eigenvalue weighted by atomic mass is 32.2. The van der Waals surface area contributed by atoms with Crippen molar-refractivity contribution < 1.29 is 22.7 Å². The van der Waals surface area contributed by atoms with E-state index < -0.39 is 16.0 Å². The number of carboxylic acid groups (broad SMARTS) is 1. The standard InChI is InChI=1S/C12H17NO5S/c1-3-9-5-4-8(2)13(9)19(16,17)11-7-6-10(18-11)12(14)15/h6-9H,3-5H2,1-2H3,(H,14,15). The molecule has 1 aromatic heterocycles. The molecule has 19 heavy (non-hydrogen) atoms. The second-order valence-electron chi connectivity index (χ2n) is 4.75. The number of sulfonamides is 1. The Labute approximate surface area is 112 Å². The van der Waals surface area contributed by atoms with Gasteiger partial charge in [0.2, 0.25) is 10.9 Å². The molecule has 1 N–H and O–H groups in total. The predicted octanol–water partition coefficient (Wildman–Crippen LogP) is 1.93. The van der Waals surface area contributed by atoms with Crippen LogP contribution in [0.4, 0.5) is 0 Å². The maximum Gasteiger partial charge on any atom is 0.371 e. The molecule has 2 heterocycles. The molecule has 2 unspecified atom stereocenters. The Morgan fingerprint density at radius 2 is 2.16 bits per heavy atom. The Kier molecular flexibility index (Phi) is 3.69. The third-order valence-corrected chi connectivity index (χ3v) is 5.45. The lowest BCUT2D eigenvalue weighted by atomic mass is 10.2. The Morgan fingerprint density at radius 1 is 1.47 bits per heavy atom. The van der Waals surface area contributed by atoms with Crippen LogP contribution in [0.25, 0.3) is 0 Å². The van der Waals surface area contributed by atoms with Gasteiger partial charge in [-0.15, -0.1) is 0 Å². The SMILES string of the molecule is CCC1CCC(C)N1S(=O)(=O)c1ccc(C(=O)O)o1. The first-order valence-electron chi connectivity index (χ1n) is 6.24. The summed E-state index contributed by atoms with van der Waals surface area (Å²) < 4.78 is 31.4. The van der Waals surface area contributed by atoms with Gasteiger partial charge in [-0.2, -0.15) is 4.31 Å². The van der Waals surface area contributed by atoms with Gasteiger partial charge in [0.1, 0.15) is 0 Å². The summed E-state index contributed by atoms with van der Waals surface area (Å²) in [5, 5.41) is 8.48. The maximum absolute atomic E-state index is 12.5. The summed E-state index contributed by atoms with van der Waals surface area (Å²) in [7, 11) is -3.76. The molecule has 7 heteroatoms. The fourth-order valence-electron chi connectivity index (χ4n) is 2.54. The lowest BCUT2D eigenvalue weighted by Crippen LogP contribution is -2.39. The van der Waals surface area contributed by atoms with Crippen LogP contribution in [-0.4, -0.2) is 35.9 Å². The van der Waals surface area contributed by atoms with Crippen LogP contribution in [0.5, 0.6) is 0 Å². The summed E-state index contributed by atoms with van der Waals surface area (Å²) >= 11 is 0. The molecule has 1 fully saturated rings. The molecule has 0 radical (unpaired) electrons. The summed E-state index contributed by atoms with van der Waals surface area (Å²) in [6, 6.07) is 2.24. The van der Waals surface area contributed by atoms with Gasteiger partial charge in [-0.3, -0.25) is 0 Å². The first kappa shape index (κ1) is 14.1. The van der Waals surface area contributed by atoms with E-state index in [1.807, 2.05) is 13.8 Å². The van der Waals surface area contributed by atoms with Gasteiger partial charge in [-0.1, -0.05) is 6.92 Å². The van der Waals surface area contributed by atoms with Gasteiger partial charge in [-0.25, -0.2) is 13.2 Å². The van der Waals surface area contributed by atoms with Gasteiger partial charge in [0.15, 0.2) is 0 Å². The highest BCUT2D eigenvalue weighted by Crippen LogP contribution is 2.32. The number of carboxylic acids is 1. The Hall–Kier alpha value is -1.34. The molecule has 0 amide bonds. The second kappa shape index (κ2) is 4.97. The quantitative estimate of drug-likeness (QED) is 0.914. The number of carbonyl (C=O) groups is 1. The second-order valence-corrected chi connectivity index (χ2v) is 6.52. The van der Waals surface area contributed by atoms with E-state index in [0.717, 1.165) is 25.3 Å². The fraction of sp³-hybridized carbons (Fsp3) is 0.583. The Balaban J connectivity index is 2.38. The number of aromatic carboxylic acids is 1. The van der Waals surface area contributed by atoms with Crippen molar-refractivity contribution in [3.8, 4) is 0 Å². The molecule has 1 aromatic rings. The highest BCUT2D eigenvalue weighted by Gasteiger charge is 2.40. The normalized spacial score (nSPS) is 24.7. The van der Waals surface area contributed by atoms with E-state index in [-0.39, 0.29) is 22.9 Å². The van der Waals surface area contributed by atoms with E-state index in [9.17, 15) is 13.2 Å². The molecule has 1 aliphatic rings. The minimum atomic E-state index is -3.76. The highest BCUT2D eigenvalue weighted by molar-refractivity contribution is 7.89. The van der Waals surface area contributed by atoms with Crippen LogP contribution < -0.4 is 0 Å².